The van der Waals surface area contributed by atoms with Crippen molar-refractivity contribution in [1.82, 2.24) is 10.2 Å². The molecule has 1 amide bonds. The monoisotopic (exact) mass is 658 g/mol. The fraction of sp³-hybridized carbons (Fsp3) is 0.267. The third kappa shape index (κ3) is 7.42. The zero-order chi connectivity index (χ0) is 27.8. The summed E-state index contributed by atoms with van der Waals surface area (Å²) in [6.07, 6.45) is 2.42. The molecule has 3 aromatic carbocycles. The zero-order valence-electron chi connectivity index (χ0n) is 22.2. The molecule has 1 fully saturated rings. The van der Waals surface area contributed by atoms with Crippen molar-refractivity contribution < 1.29 is 23.7 Å². The highest BCUT2D eigenvalue weighted by molar-refractivity contribution is 14.1. The van der Waals surface area contributed by atoms with Crippen LogP contribution in [0.4, 0.5) is 0 Å². The number of amides is 1. The van der Waals surface area contributed by atoms with Gasteiger partial charge in [0.25, 0.3) is 5.91 Å². The van der Waals surface area contributed by atoms with Gasteiger partial charge in [0.05, 0.1) is 20.3 Å². The summed E-state index contributed by atoms with van der Waals surface area (Å²) in [6.45, 7) is 5.75. The predicted molar refractivity (Wildman–Crippen MR) is 164 cm³/mol. The van der Waals surface area contributed by atoms with Crippen LogP contribution < -0.4 is 24.3 Å². The van der Waals surface area contributed by atoms with Crippen LogP contribution in [0.15, 0.2) is 66.4 Å². The summed E-state index contributed by atoms with van der Waals surface area (Å²) in [4.78, 5) is 14.8. The Morgan fingerprint density at radius 1 is 0.923 bits per heavy atom. The Morgan fingerprint density at radius 3 is 2.36 bits per heavy atom. The van der Waals surface area contributed by atoms with E-state index in [-0.39, 0.29) is 5.91 Å². The standard InChI is InChI=1S/C30H31IN2O5S/c1-4-36-27-13-6-20(18-28(27)37-5-2)14-15-33-29(34)25(32-30(33)39)17-21-7-12-26(35-3)22(16-21)19-38-24-10-8-23(31)9-11-24/h6-13,16-18H,4-5,14-15,19H2,1-3H3,(H,32,39)/b25-17+. The molecule has 1 aliphatic heterocycles. The maximum atomic E-state index is 13.2. The van der Waals surface area contributed by atoms with Gasteiger partial charge in [-0.3, -0.25) is 9.69 Å². The van der Waals surface area contributed by atoms with Gasteiger partial charge in [-0.2, -0.15) is 0 Å². The van der Waals surface area contributed by atoms with Crippen LogP contribution in [0.1, 0.15) is 30.5 Å². The molecule has 0 bridgehead atoms. The number of carbonyl (C=O) groups excluding carboxylic acids is 1. The quantitative estimate of drug-likeness (QED) is 0.146. The predicted octanol–water partition coefficient (Wildman–Crippen LogP) is 5.98. The molecule has 0 spiro atoms. The molecular weight excluding hydrogens is 627 g/mol. The van der Waals surface area contributed by atoms with Crippen molar-refractivity contribution in [1.29, 1.82) is 0 Å². The van der Waals surface area contributed by atoms with Crippen molar-refractivity contribution in [3.05, 3.63) is 86.6 Å². The van der Waals surface area contributed by atoms with Crippen LogP contribution >= 0.6 is 34.8 Å². The Balaban J connectivity index is 1.44. The van der Waals surface area contributed by atoms with Crippen LogP contribution in [-0.4, -0.2) is 42.8 Å². The van der Waals surface area contributed by atoms with Gasteiger partial charge in [0, 0.05) is 15.7 Å². The molecule has 0 aromatic heterocycles. The number of hydrogen-bond donors (Lipinski definition) is 1. The van der Waals surface area contributed by atoms with Gasteiger partial charge >= 0.3 is 0 Å². The second-order valence-electron chi connectivity index (χ2n) is 8.66. The van der Waals surface area contributed by atoms with Crippen LogP contribution in [0.3, 0.4) is 0 Å². The van der Waals surface area contributed by atoms with Crippen molar-refractivity contribution >= 4 is 51.9 Å². The first kappa shape index (κ1) is 28.7. The average Bonchev–Trinajstić information content (AvgIpc) is 3.20. The first-order valence-electron chi connectivity index (χ1n) is 12.7. The Kier molecular flexibility index (Phi) is 10.0. The number of halogens is 1. The molecule has 1 aliphatic rings. The topological polar surface area (TPSA) is 69.3 Å². The number of ether oxygens (including phenoxy) is 4. The summed E-state index contributed by atoms with van der Waals surface area (Å²) in [7, 11) is 1.63. The lowest BCUT2D eigenvalue weighted by Crippen LogP contribution is -2.32. The second-order valence-corrected chi connectivity index (χ2v) is 10.3. The van der Waals surface area contributed by atoms with E-state index in [1.54, 1.807) is 18.1 Å². The van der Waals surface area contributed by atoms with E-state index in [0.717, 1.165) is 26.0 Å². The number of nitrogens with zero attached hydrogens (tertiary/aromatic N) is 1. The SMILES string of the molecule is CCOc1ccc(CCN2C(=O)/C(=C\c3ccc(OC)c(COc4ccc(I)cc4)c3)NC2=S)cc1OCC. The van der Waals surface area contributed by atoms with Gasteiger partial charge in [0.1, 0.15) is 23.8 Å². The number of carbonyl (C=O) groups is 1. The Bertz CT molecular complexity index is 1360. The third-order valence-electron chi connectivity index (χ3n) is 6.02. The minimum Gasteiger partial charge on any atom is -0.496 e. The molecule has 39 heavy (non-hydrogen) atoms. The Morgan fingerprint density at radius 2 is 1.64 bits per heavy atom. The molecule has 4 rings (SSSR count). The van der Waals surface area contributed by atoms with Crippen molar-refractivity contribution in [2.45, 2.75) is 26.9 Å². The minimum atomic E-state index is -0.163. The van der Waals surface area contributed by atoms with Gasteiger partial charge in [0.15, 0.2) is 16.6 Å². The molecule has 1 saturated heterocycles. The molecule has 9 heteroatoms. The number of benzene rings is 3. The van der Waals surface area contributed by atoms with Gasteiger partial charge in [-0.25, -0.2) is 0 Å². The molecule has 0 aliphatic carbocycles. The molecule has 1 N–H and O–H groups in total. The summed E-state index contributed by atoms with van der Waals surface area (Å²) < 4.78 is 24.0. The lowest BCUT2D eigenvalue weighted by molar-refractivity contribution is -0.122. The molecule has 3 aromatic rings. The van der Waals surface area contributed by atoms with E-state index in [1.165, 1.54) is 0 Å². The highest BCUT2D eigenvalue weighted by Crippen LogP contribution is 2.29. The van der Waals surface area contributed by atoms with Crippen LogP contribution in [0, 0.1) is 3.57 Å². The number of nitrogens with one attached hydrogen (secondary N) is 1. The molecule has 204 valence electrons. The largest absolute Gasteiger partial charge is 0.496 e. The maximum absolute atomic E-state index is 13.2. The number of thiocarbonyl (C=S) groups is 1. The lowest BCUT2D eigenvalue weighted by Gasteiger charge is -2.16. The van der Waals surface area contributed by atoms with Crippen LogP contribution in [-0.2, 0) is 17.8 Å². The highest BCUT2D eigenvalue weighted by Gasteiger charge is 2.30. The molecular formula is C30H31IN2O5S. The second kappa shape index (κ2) is 13.7. The fourth-order valence-electron chi connectivity index (χ4n) is 4.13. The molecule has 0 radical (unpaired) electrons. The summed E-state index contributed by atoms with van der Waals surface area (Å²) in [5.74, 6) is 2.74. The van der Waals surface area contributed by atoms with Gasteiger partial charge < -0.3 is 24.3 Å². The van der Waals surface area contributed by atoms with E-state index in [0.29, 0.717) is 60.8 Å². The van der Waals surface area contributed by atoms with E-state index in [9.17, 15) is 4.79 Å². The van der Waals surface area contributed by atoms with Crippen molar-refractivity contribution in [2.75, 3.05) is 26.9 Å². The van der Waals surface area contributed by atoms with E-state index in [4.69, 9.17) is 31.2 Å². The normalized spacial score (nSPS) is 13.9. The van der Waals surface area contributed by atoms with Crippen molar-refractivity contribution in [3.63, 3.8) is 0 Å². The fourth-order valence-corrected chi connectivity index (χ4v) is 4.77. The summed E-state index contributed by atoms with van der Waals surface area (Å²) in [5, 5.41) is 3.46. The molecule has 0 saturated carbocycles. The van der Waals surface area contributed by atoms with Gasteiger partial charge in [0.2, 0.25) is 0 Å². The maximum Gasteiger partial charge on any atom is 0.276 e. The number of hydrogen-bond acceptors (Lipinski definition) is 6. The van der Waals surface area contributed by atoms with Crippen molar-refractivity contribution in [3.8, 4) is 23.0 Å². The average molecular weight is 659 g/mol. The minimum absolute atomic E-state index is 0.163. The Hall–Kier alpha value is -3.31. The highest BCUT2D eigenvalue weighted by atomic mass is 127. The zero-order valence-corrected chi connectivity index (χ0v) is 25.1. The van der Waals surface area contributed by atoms with E-state index in [1.807, 2.05) is 74.5 Å². The van der Waals surface area contributed by atoms with E-state index < -0.39 is 0 Å². The summed E-state index contributed by atoms with van der Waals surface area (Å²) in [6, 6.07) is 19.4. The Labute approximate surface area is 248 Å². The van der Waals surface area contributed by atoms with Crippen LogP contribution in [0.25, 0.3) is 6.08 Å². The number of methoxy groups -OCH3 is 1. The first-order valence-corrected chi connectivity index (χ1v) is 14.2. The van der Waals surface area contributed by atoms with Gasteiger partial charge in [-0.1, -0.05) is 12.1 Å². The molecule has 1 heterocycles. The summed E-state index contributed by atoms with van der Waals surface area (Å²) in [5.41, 5.74) is 3.17. The van der Waals surface area contributed by atoms with Gasteiger partial charge in [-0.15, -0.1) is 0 Å². The third-order valence-corrected chi connectivity index (χ3v) is 7.06. The summed E-state index contributed by atoms with van der Waals surface area (Å²) >= 11 is 7.75. The smallest absolute Gasteiger partial charge is 0.276 e. The van der Waals surface area contributed by atoms with E-state index >= 15 is 0 Å². The molecule has 0 unspecified atom stereocenters. The van der Waals surface area contributed by atoms with Gasteiger partial charge in [-0.05, 0) is 121 Å². The number of rotatable bonds is 12. The lowest BCUT2D eigenvalue weighted by atomic mass is 10.1. The van der Waals surface area contributed by atoms with E-state index in [2.05, 4.69) is 27.9 Å². The molecule has 7 nitrogen and oxygen atoms in total. The van der Waals surface area contributed by atoms with Crippen LogP contribution in [0.5, 0.6) is 23.0 Å². The van der Waals surface area contributed by atoms with Crippen LogP contribution in [0.2, 0.25) is 0 Å². The van der Waals surface area contributed by atoms with Crippen molar-refractivity contribution in [2.24, 2.45) is 0 Å². The first-order chi connectivity index (χ1) is 18.9. The molecule has 0 atom stereocenters.